The van der Waals surface area contributed by atoms with Crippen molar-refractivity contribution in [2.24, 2.45) is 0 Å². The van der Waals surface area contributed by atoms with Gasteiger partial charge in [0.05, 0.1) is 0 Å². The highest BCUT2D eigenvalue weighted by Gasteiger charge is 2.29. The van der Waals surface area contributed by atoms with Crippen molar-refractivity contribution in [2.75, 3.05) is 13.3 Å². The standard InChI is InChI=1S/C24H20F4N4O2/c25-9-13-33-22-2-1-10-30-21(22)15-34-19-5-3-18(4-6-19)23-20(17-7-11-29-12-8-17)14-32(31-23)16-24(26,27)28/h1-8,10-12,14H,9,13,15-16H2. The summed E-state index contributed by atoms with van der Waals surface area (Å²) in [5.41, 5.74) is 2.82. The molecule has 0 amide bonds. The van der Waals surface area contributed by atoms with Gasteiger partial charge in [-0.25, -0.2) is 4.39 Å². The van der Waals surface area contributed by atoms with Crippen molar-refractivity contribution in [2.45, 2.75) is 19.3 Å². The highest BCUT2D eigenvalue weighted by atomic mass is 19.4. The van der Waals surface area contributed by atoms with Crippen LogP contribution in [-0.2, 0) is 13.2 Å². The molecule has 0 aliphatic rings. The van der Waals surface area contributed by atoms with E-state index in [0.717, 1.165) is 4.68 Å². The summed E-state index contributed by atoms with van der Waals surface area (Å²) in [5.74, 6) is 0.958. The largest absolute Gasteiger partial charge is 0.489 e. The number of benzene rings is 1. The quantitative estimate of drug-likeness (QED) is 0.301. The van der Waals surface area contributed by atoms with E-state index < -0.39 is 19.4 Å². The van der Waals surface area contributed by atoms with Crippen LogP contribution in [0, 0.1) is 0 Å². The smallest absolute Gasteiger partial charge is 0.408 e. The number of nitrogens with zero attached hydrogens (tertiary/aromatic N) is 4. The Hall–Kier alpha value is -3.95. The highest BCUT2D eigenvalue weighted by Crippen LogP contribution is 2.33. The Morgan fingerprint density at radius 3 is 2.35 bits per heavy atom. The molecule has 0 unspecified atom stereocenters. The third-order valence-corrected chi connectivity index (χ3v) is 4.78. The molecule has 6 nitrogen and oxygen atoms in total. The summed E-state index contributed by atoms with van der Waals surface area (Å²) in [6, 6.07) is 13.6. The molecule has 176 valence electrons. The van der Waals surface area contributed by atoms with Crippen molar-refractivity contribution in [3.05, 3.63) is 79.0 Å². The molecule has 0 aliphatic heterocycles. The van der Waals surface area contributed by atoms with Crippen LogP contribution in [0.25, 0.3) is 22.4 Å². The van der Waals surface area contributed by atoms with Crippen LogP contribution in [0.3, 0.4) is 0 Å². The highest BCUT2D eigenvalue weighted by molar-refractivity contribution is 5.80. The van der Waals surface area contributed by atoms with Gasteiger partial charge >= 0.3 is 6.18 Å². The normalized spacial score (nSPS) is 11.4. The van der Waals surface area contributed by atoms with Crippen LogP contribution >= 0.6 is 0 Å². The van der Waals surface area contributed by atoms with Crippen LogP contribution in [0.2, 0.25) is 0 Å². The molecule has 4 rings (SSSR count). The fraction of sp³-hybridized carbons (Fsp3) is 0.208. The topological polar surface area (TPSA) is 62.1 Å². The van der Waals surface area contributed by atoms with Gasteiger partial charge in [-0.05, 0) is 54.1 Å². The van der Waals surface area contributed by atoms with Crippen LogP contribution in [-0.4, -0.2) is 39.2 Å². The van der Waals surface area contributed by atoms with Crippen molar-refractivity contribution in [1.29, 1.82) is 0 Å². The van der Waals surface area contributed by atoms with E-state index in [1.54, 1.807) is 67.1 Å². The SMILES string of the molecule is FCCOc1cccnc1COc1ccc(-c2nn(CC(F)(F)F)cc2-c2ccncc2)cc1. The number of halogens is 4. The molecule has 3 heterocycles. The number of rotatable bonds is 9. The average molecular weight is 472 g/mol. The molecule has 0 aliphatic carbocycles. The Morgan fingerprint density at radius 2 is 1.65 bits per heavy atom. The second-order valence-electron chi connectivity index (χ2n) is 7.24. The summed E-state index contributed by atoms with van der Waals surface area (Å²) >= 11 is 0. The Balaban J connectivity index is 1.55. The average Bonchev–Trinajstić information content (AvgIpc) is 3.25. The van der Waals surface area contributed by atoms with Crippen molar-refractivity contribution in [3.63, 3.8) is 0 Å². The van der Waals surface area contributed by atoms with E-state index in [-0.39, 0.29) is 13.2 Å². The molecular formula is C24H20F4N4O2. The molecule has 34 heavy (non-hydrogen) atoms. The van der Waals surface area contributed by atoms with Gasteiger partial charge in [-0.15, -0.1) is 0 Å². The first-order valence-electron chi connectivity index (χ1n) is 10.3. The lowest BCUT2D eigenvalue weighted by atomic mass is 10.0. The number of ether oxygens (including phenoxy) is 2. The number of hydrogen-bond donors (Lipinski definition) is 0. The minimum atomic E-state index is -4.39. The zero-order valence-corrected chi connectivity index (χ0v) is 17.9. The molecule has 4 aromatic rings. The van der Waals surface area contributed by atoms with Crippen LogP contribution in [0.4, 0.5) is 17.6 Å². The van der Waals surface area contributed by atoms with E-state index in [2.05, 4.69) is 15.1 Å². The summed E-state index contributed by atoms with van der Waals surface area (Å²) in [6.45, 7) is -1.78. The fourth-order valence-corrected chi connectivity index (χ4v) is 3.31. The molecule has 0 saturated heterocycles. The molecule has 10 heteroatoms. The summed E-state index contributed by atoms with van der Waals surface area (Å²) in [7, 11) is 0. The predicted octanol–water partition coefficient (Wildman–Crippen LogP) is 5.50. The summed E-state index contributed by atoms with van der Waals surface area (Å²) in [6.07, 6.45) is 1.71. The predicted molar refractivity (Wildman–Crippen MR) is 117 cm³/mol. The third kappa shape index (κ3) is 5.89. The lowest BCUT2D eigenvalue weighted by Crippen LogP contribution is -2.17. The molecule has 3 aromatic heterocycles. The van der Waals surface area contributed by atoms with Gasteiger partial charge in [-0.1, -0.05) is 0 Å². The first kappa shape index (κ1) is 23.2. The molecule has 0 spiro atoms. The van der Waals surface area contributed by atoms with Crippen molar-refractivity contribution in [3.8, 4) is 33.9 Å². The van der Waals surface area contributed by atoms with E-state index in [1.165, 1.54) is 6.20 Å². The second-order valence-corrected chi connectivity index (χ2v) is 7.24. The number of pyridine rings is 2. The van der Waals surface area contributed by atoms with Crippen molar-refractivity contribution < 1.29 is 27.0 Å². The van der Waals surface area contributed by atoms with Gasteiger partial charge in [0.25, 0.3) is 0 Å². The molecule has 0 N–H and O–H groups in total. The van der Waals surface area contributed by atoms with Gasteiger partial charge in [-0.3, -0.25) is 14.6 Å². The van der Waals surface area contributed by atoms with Gasteiger partial charge in [0.15, 0.2) is 0 Å². The van der Waals surface area contributed by atoms with Crippen LogP contribution in [0.1, 0.15) is 5.69 Å². The first-order valence-corrected chi connectivity index (χ1v) is 10.3. The van der Waals surface area contributed by atoms with Crippen LogP contribution in [0.5, 0.6) is 11.5 Å². The van der Waals surface area contributed by atoms with Gasteiger partial charge in [-0.2, -0.15) is 18.3 Å². The summed E-state index contributed by atoms with van der Waals surface area (Å²) in [4.78, 5) is 8.17. The lowest BCUT2D eigenvalue weighted by Gasteiger charge is -2.11. The Kier molecular flexibility index (Phi) is 7.05. The lowest BCUT2D eigenvalue weighted by molar-refractivity contribution is -0.142. The number of aromatic nitrogens is 4. The Labute approximate surface area is 192 Å². The van der Waals surface area contributed by atoms with E-state index in [4.69, 9.17) is 9.47 Å². The maximum atomic E-state index is 12.9. The zero-order valence-electron chi connectivity index (χ0n) is 17.9. The second kappa shape index (κ2) is 10.3. The number of hydrogen-bond acceptors (Lipinski definition) is 5. The van der Waals surface area contributed by atoms with Crippen LogP contribution < -0.4 is 9.47 Å². The monoisotopic (exact) mass is 472 g/mol. The van der Waals surface area contributed by atoms with Crippen LogP contribution in [0.15, 0.2) is 73.3 Å². The molecule has 0 fully saturated rings. The maximum absolute atomic E-state index is 12.9. The van der Waals surface area contributed by atoms with E-state index in [0.29, 0.717) is 39.6 Å². The fourth-order valence-electron chi connectivity index (χ4n) is 3.31. The first-order chi connectivity index (χ1) is 16.4. The number of alkyl halides is 4. The zero-order chi connectivity index (χ0) is 24.0. The molecule has 0 saturated carbocycles. The van der Waals surface area contributed by atoms with E-state index in [1.807, 2.05) is 0 Å². The Morgan fingerprint density at radius 1 is 0.882 bits per heavy atom. The van der Waals surface area contributed by atoms with E-state index >= 15 is 0 Å². The molecule has 0 radical (unpaired) electrons. The van der Waals surface area contributed by atoms with Gasteiger partial charge < -0.3 is 9.47 Å². The van der Waals surface area contributed by atoms with Gasteiger partial charge in [0.1, 0.15) is 49.3 Å². The minimum absolute atomic E-state index is 0.0752. The van der Waals surface area contributed by atoms with Crippen molar-refractivity contribution >= 4 is 0 Å². The van der Waals surface area contributed by atoms with Crippen molar-refractivity contribution in [1.82, 2.24) is 19.7 Å². The minimum Gasteiger partial charge on any atom is -0.489 e. The summed E-state index contributed by atoms with van der Waals surface area (Å²) < 4.78 is 63.2. The maximum Gasteiger partial charge on any atom is 0.408 e. The van der Waals surface area contributed by atoms with Gasteiger partial charge in [0.2, 0.25) is 0 Å². The Bertz CT molecular complexity index is 1210. The molecule has 1 aromatic carbocycles. The van der Waals surface area contributed by atoms with E-state index in [9.17, 15) is 17.6 Å². The molecular weight excluding hydrogens is 452 g/mol. The summed E-state index contributed by atoms with van der Waals surface area (Å²) in [5, 5.41) is 4.18. The molecule has 0 bridgehead atoms. The molecule has 0 atom stereocenters. The van der Waals surface area contributed by atoms with Gasteiger partial charge in [0, 0.05) is 35.9 Å². The third-order valence-electron chi connectivity index (χ3n) is 4.78.